The van der Waals surface area contributed by atoms with E-state index in [0.29, 0.717) is 13.0 Å². The van der Waals surface area contributed by atoms with Crippen LogP contribution in [0.15, 0.2) is 24.3 Å². The van der Waals surface area contributed by atoms with Crippen molar-refractivity contribution in [2.75, 3.05) is 6.54 Å². The van der Waals surface area contributed by atoms with Gasteiger partial charge >= 0.3 is 0 Å². The van der Waals surface area contributed by atoms with Crippen LogP contribution in [0.25, 0.3) is 0 Å². The molecule has 0 saturated heterocycles. The Balaban J connectivity index is 1.94. The maximum Gasteiger partial charge on any atom is 0.0802 e. The quantitative estimate of drug-likeness (QED) is 0.749. The van der Waals surface area contributed by atoms with Gasteiger partial charge in [0.1, 0.15) is 0 Å². The maximum atomic E-state index is 10.5. The molecule has 0 heterocycles. The average molecular weight is 277 g/mol. The molecule has 0 radical (unpaired) electrons. The van der Waals surface area contributed by atoms with Gasteiger partial charge in [-0.05, 0) is 49.8 Å². The molecule has 20 heavy (non-hydrogen) atoms. The first-order chi connectivity index (χ1) is 9.63. The van der Waals surface area contributed by atoms with Crippen LogP contribution in [0.1, 0.15) is 62.2 Å². The lowest BCUT2D eigenvalue weighted by molar-refractivity contribution is -0.00342. The maximum absolute atomic E-state index is 10.5. The lowest BCUT2D eigenvalue weighted by Gasteiger charge is -2.32. The summed E-state index contributed by atoms with van der Waals surface area (Å²) in [5, 5.41) is 20.5. The number of hydrogen-bond donors (Lipinski definition) is 3. The first kappa shape index (κ1) is 15.5. The van der Waals surface area contributed by atoms with Gasteiger partial charge in [0.05, 0.1) is 11.7 Å². The number of rotatable bonds is 6. The minimum atomic E-state index is -0.474. The average Bonchev–Trinajstić information content (AvgIpc) is 2.47. The van der Waals surface area contributed by atoms with Crippen LogP contribution in [-0.4, -0.2) is 22.4 Å². The van der Waals surface area contributed by atoms with E-state index in [4.69, 9.17) is 5.73 Å². The Morgan fingerprint density at radius 1 is 1.20 bits per heavy atom. The number of benzene rings is 1. The third kappa shape index (κ3) is 4.30. The van der Waals surface area contributed by atoms with Gasteiger partial charge in [0.2, 0.25) is 0 Å². The number of nitrogens with two attached hydrogens (primary N) is 1. The molecule has 2 rings (SSSR count). The summed E-state index contributed by atoms with van der Waals surface area (Å²) in [6.45, 7) is 0.491. The summed E-state index contributed by atoms with van der Waals surface area (Å²) in [5.41, 5.74) is 7.14. The Labute approximate surface area is 121 Å². The van der Waals surface area contributed by atoms with Gasteiger partial charge in [-0.1, -0.05) is 43.5 Å². The van der Waals surface area contributed by atoms with E-state index in [2.05, 4.69) is 6.07 Å². The van der Waals surface area contributed by atoms with E-state index >= 15 is 0 Å². The third-order valence-corrected chi connectivity index (χ3v) is 4.44. The SMILES string of the molecule is NCCC(O)c1cccc(CCC2(O)CCCCC2)c1. The van der Waals surface area contributed by atoms with Crippen LogP contribution in [0, 0.1) is 0 Å². The fourth-order valence-corrected chi connectivity index (χ4v) is 3.12. The van der Waals surface area contributed by atoms with Gasteiger partial charge < -0.3 is 15.9 Å². The largest absolute Gasteiger partial charge is 0.390 e. The van der Waals surface area contributed by atoms with Gasteiger partial charge in [-0.25, -0.2) is 0 Å². The second-order valence-corrected chi connectivity index (χ2v) is 6.12. The van der Waals surface area contributed by atoms with Crippen molar-refractivity contribution in [2.24, 2.45) is 5.73 Å². The first-order valence-corrected chi connectivity index (χ1v) is 7.82. The monoisotopic (exact) mass is 277 g/mol. The van der Waals surface area contributed by atoms with Gasteiger partial charge in [-0.3, -0.25) is 0 Å². The molecule has 0 aromatic heterocycles. The zero-order valence-electron chi connectivity index (χ0n) is 12.2. The number of aliphatic hydroxyl groups is 2. The highest BCUT2D eigenvalue weighted by Crippen LogP contribution is 2.32. The molecule has 1 aromatic rings. The molecular weight excluding hydrogens is 250 g/mol. The summed E-state index contributed by atoms with van der Waals surface area (Å²) >= 11 is 0. The van der Waals surface area contributed by atoms with Crippen molar-refractivity contribution < 1.29 is 10.2 Å². The molecule has 1 aliphatic carbocycles. The van der Waals surface area contributed by atoms with Crippen LogP contribution in [0.5, 0.6) is 0 Å². The van der Waals surface area contributed by atoms with Crippen molar-refractivity contribution >= 4 is 0 Å². The molecular formula is C17H27NO2. The van der Waals surface area contributed by atoms with Gasteiger partial charge in [0.25, 0.3) is 0 Å². The molecule has 1 aromatic carbocycles. The summed E-state index contributed by atoms with van der Waals surface area (Å²) in [4.78, 5) is 0. The second-order valence-electron chi connectivity index (χ2n) is 6.12. The summed E-state index contributed by atoms with van der Waals surface area (Å²) < 4.78 is 0. The first-order valence-electron chi connectivity index (χ1n) is 7.82. The summed E-state index contributed by atoms with van der Waals surface area (Å²) in [7, 11) is 0. The molecule has 0 amide bonds. The Morgan fingerprint density at radius 2 is 1.95 bits per heavy atom. The van der Waals surface area contributed by atoms with Crippen LogP contribution < -0.4 is 5.73 Å². The van der Waals surface area contributed by atoms with E-state index in [1.54, 1.807) is 0 Å². The second kappa shape index (κ2) is 7.21. The highest BCUT2D eigenvalue weighted by Gasteiger charge is 2.28. The van der Waals surface area contributed by atoms with Crippen molar-refractivity contribution in [3.8, 4) is 0 Å². The van der Waals surface area contributed by atoms with E-state index < -0.39 is 11.7 Å². The highest BCUT2D eigenvalue weighted by molar-refractivity contribution is 5.25. The van der Waals surface area contributed by atoms with Crippen LogP contribution in [0.3, 0.4) is 0 Å². The van der Waals surface area contributed by atoms with E-state index in [1.807, 2.05) is 18.2 Å². The van der Waals surface area contributed by atoms with Crippen molar-refractivity contribution in [3.63, 3.8) is 0 Å². The van der Waals surface area contributed by atoms with Crippen LogP contribution in [0.2, 0.25) is 0 Å². The van der Waals surface area contributed by atoms with E-state index in [0.717, 1.165) is 44.1 Å². The Hall–Kier alpha value is -0.900. The van der Waals surface area contributed by atoms with Crippen molar-refractivity contribution in [1.29, 1.82) is 0 Å². The number of aryl methyl sites for hydroxylation is 1. The van der Waals surface area contributed by atoms with E-state index in [1.165, 1.54) is 12.0 Å². The van der Waals surface area contributed by atoms with Crippen LogP contribution in [-0.2, 0) is 6.42 Å². The fourth-order valence-electron chi connectivity index (χ4n) is 3.12. The Morgan fingerprint density at radius 3 is 2.65 bits per heavy atom. The Kier molecular flexibility index (Phi) is 5.58. The topological polar surface area (TPSA) is 66.5 Å². The fraction of sp³-hybridized carbons (Fsp3) is 0.647. The van der Waals surface area contributed by atoms with Crippen LogP contribution in [0.4, 0.5) is 0 Å². The Bertz CT molecular complexity index is 413. The molecule has 1 unspecified atom stereocenters. The summed E-state index contributed by atoms with van der Waals surface area (Å²) in [6.07, 6.45) is 7.22. The molecule has 112 valence electrons. The van der Waals surface area contributed by atoms with Crippen molar-refractivity contribution in [1.82, 2.24) is 0 Å². The van der Waals surface area contributed by atoms with Crippen molar-refractivity contribution in [2.45, 2.75) is 63.1 Å². The zero-order valence-corrected chi connectivity index (χ0v) is 12.2. The molecule has 1 atom stereocenters. The normalized spacial score (nSPS) is 19.8. The van der Waals surface area contributed by atoms with E-state index in [-0.39, 0.29) is 0 Å². The molecule has 0 spiro atoms. The molecule has 4 N–H and O–H groups in total. The highest BCUT2D eigenvalue weighted by atomic mass is 16.3. The predicted molar refractivity (Wildman–Crippen MR) is 81.4 cm³/mol. The third-order valence-electron chi connectivity index (χ3n) is 4.44. The molecule has 1 fully saturated rings. The number of aliphatic hydroxyl groups excluding tert-OH is 1. The van der Waals surface area contributed by atoms with Crippen LogP contribution >= 0.6 is 0 Å². The molecule has 1 aliphatic rings. The lowest BCUT2D eigenvalue weighted by Crippen LogP contribution is -2.31. The molecule has 3 nitrogen and oxygen atoms in total. The molecule has 0 aliphatic heterocycles. The van der Waals surface area contributed by atoms with E-state index in [9.17, 15) is 10.2 Å². The predicted octanol–water partition coefficient (Wildman–Crippen LogP) is 2.70. The van der Waals surface area contributed by atoms with Crippen molar-refractivity contribution in [3.05, 3.63) is 35.4 Å². The van der Waals surface area contributed by atoms with Gasteiger partial charge in [-0.2, -0.15) is 0 Å². The standard InChI is InChI=1S/C17H27NO2/c18-12-8-16(19)15-6-4-5-14(13-15)7-11-17(20)9-2-1-3-10-17/h4-6,13,16,19-20H,1-3,7-12,18H2. The smallest absolute Gasteiger partial charge is 0.0802 e. The minimum Gasteiger partial charge on any atom is -0.390 e. The summed E-state index contributed by atoms with van der Waals surface area (Å²) in [5.74, 6) is 0. The van der Waals surface area contributed by atoms with Gasteiger partial charge in [0, 0.05) is 0 Å². The van der Waals surface area contributed by atoms with Gasteiger partial charge in [0.15, 0.2) is 0 Å². The lowest BCUT2D eigenvalue weighted by atomic mass is 9.81. The molecule has 3 heteroatoms. The van der Waals surface area contributed by atoms with Gasteiger partial charge in [-0.15, -0.1) is 0 Å². The molecule has 1 saturated carbocycles. The summed E-state index contributed by atoms with van der Waals surface area (Å²) in [6, 6.07) is 8.05. The minimum absolute atomic E-state index is 0.468. The zero-order chi connectivity index (χ0) is 14.4. The number of hydrogen-bond acceptors (Lipinski definition) is 3. The molecule has 0 bridgehead atoms.